The van der Waals surface area contributed by atoms with Crippen LogP contribution in [0, 0.1) is 46.8 Å². The Morgan fingerprint density at radius 1 is 0.359 bits per heavy atom. The van der Waals surface area contributed by atoms with E-state index in [-0.39, 0.29) is 124 Å². The topological polar surface area (TPSA) is 488 Å². The van der Waals surface area contributed by atoms with Crippen molar-refractivity contribution in [1.82, 2.24) is 56.5 Å². The van der Waals surface area contributed by atoms with Crippen LogP contribution < -0.4 is 45.0 Å². The number of benzene rings is 7. The Morgan fingerprint density at radius 2 is 0.690 bits per heavy atom. The molecule has 0 bridgehead atoms. The number of carboxylic acid groups (broad SMARTS) is 4. The molecule has 35 nitrogen and oxygen atoms in total. The molecule has 0 aliphatic heterocycles. The number of nitro benzene ring substituents is 1. The molecular formula is C93H57F13N14O21S4. The van der Waals surface area contributed by atoms with Gasteiger partial charge < -0.3 is 63.0 Å². The Kier molecular flexibility index (Phi) is 25.3. The van der Waals surface area contributed by atoms with E-state index in [4.69, 9.17) is 4.42 Å². The Bertz CT molecular complexity index is 9450. The van der Waals surface area contributed by atoms with E-state index in [0.29, 0.717) is 53.7 Å². The molecule has 0 atom stereocenters. The largest absolute Gasteiger partial charge is 0.477 e. The number of carbonyl (C=O) groups is 4. The standard InChI is InChI=1S/C25H18F3N3O4S.C24H15F4N3O4S.C23H13F3N4O6S.C21H11F3N4O7S/c1-12-3-4-14(13(2)7-12)9-30-19-6-5-15(25(26,27)28)8-16(19)20(21(30)23(33)34)31-22(32)17-10-36-11-18(17)29-24(31)35;1-11-2-4-14(25)6-12(11)8-30-18-5-3-13(24(26,27)28)7-15(18)19(20(30)22(33)34)31-21(32)16-9-36-10-17(16)29-23(31)35;24-23(25,26)12-4-5-17-14(7-12)18(29-20(31)15-9-37-10-16(15)27-22(29)34)19(21(32)33)28(17)8-11-2-1-3-13(6-11)30(35)36;22-21(23,24)9-1-3-14-11(5-9)16(27-18(29)12-7-36-8-13(12)25-20(27)32)17(19(30)31)26(14)6-10-2-4-15(35-10)28(33)34/h3-8,10-11H,9H2,1-2H3,(H,29,35)(H,33,34);2-7,9-10H,8H2,1H3,(H,29,35)(H,33,34);1-7,9-10H,8H2,(H,27,34)(H,32,33);1-5,7-8H,6H2,(H,25,32)(H,30,31). The zero-order chi connectivity index (χ0) is 104. The van der Waals surface area contributed by atoms with E-state index >= 15 is 0 Å². The highest BCUT2D eigenvalue weighted by molar-refractivity contribution is 7.10. The number of aromatic carboxylic acids is 4. The Labute approximate surface area is 807 Å². The van der Waals surface area contributed by atoms with Crippen LogP contribution in [-0.2, 0) is 50.9 Å². The van der Waals surface area contributed by atoms with E-state index in [1.807, 2.05) is 32.0 Å². The molecule has 0 radical (unpaired) electrons. The van der Waals surface area contributed by atoms with E-state index in [2.05, 4.69) is 19.9 Å². The van der Waals surface area contributed by atoms with Crippen LogP contribution in [0.1, 0.15) is 103 Å². The Morgan fingerprint density at radius 3 is 1.00 bits per heavy atom. The fourth-order valence-corrected chi connectivity index (χ4v) is 19.9. The maximum atomic E-state index is 14.0. The minimum Gasteiger partial charge on any atom is -0.477 e. The highest BCUT2D eigenvalue weighted by atomic mass is 32.1. The minimum atomic E-state index is -4.81. The van der Waals surface area contributed by atoms with Gasteiger partial charge in [-0.25, -0.2) is 61.0 Å². The number of halogens is 13. The number of rotatable bonds is 18. The molecule has 740 valence electrons. The van der Waals surface area contributed by atoms with Gasteiger partial charge in [-0.1, -0.05) is 42.0 Å². The average Bonchev–Trinajstić information content (AvgIpc) is 1.59. The smallest absolute Gasteiger partial charge is 0.433 e. The summed E-state index contributed by atoms with van der Waals surface area (Å²) in [4.78, 5) is 185. The summed E-state index contributed by atoms with van der Waals surface area (Å²) in [5.74, 6) is -7.65. The van der Waals surface area contributed by atoms with Crippen LogP contribution in [0.2, 0.25) is 0 Å². The number of thiophene rings is 4. The van der Waals surface area contributed by atoms with Crippen molar-refractivity contribution < 1.29 is 111 Å². The van der Waals surface area contributed by atoms with Gasteiger partial charge in [-0.15, -0.1) is 45.3 Å². The number of aromatic amines is 4. The van der Waals surface area contributed by atoms with E-state index in [1.54, 1.807) is 12.3 Å². The summed E-state index contributed by atoms with van der Waals surface area (Å²) in [6.07, 6.45) is -19.1. The molecule has 20 aromatic rings. The molecule has 8 N–H and O–H groups in total. The molecule has 20 rings (SSSR count). The van der Waals surface area contributed by atoms with Crippen molar-refractivity contribution in [2.75, 3.05) is 0 Å². The molecule has 0 unspecified atom stereocenters. The van der Waals surface area contributed by atoms with Crippen LogP contribution >= 0.6 is 45.3 Å². The second-order valence-electron chi connectivity index (χ2n) is 32.3. The molecule has 7 aromatic carbocycles. The number of fused-ring (bicyclic) bond motifs is 8. The molecule has 0 amide bonds. The summed E-state index contributed by atoms with van der Waals surface area (Å²) in [5.41, 5.74) is -11.9. The predicted molar refractivity (Wildman–Crippen MR) is 504 cm³/mol. The first kappa shape index (κ1) is 98.9. The summed E-state index contributed by atoms with van der Waals surface area (Å²) >= 11 is 4.47. The van der Waals surface area contributed by atoms with Crippen LogP contribution in [0.15, 0.2) is 231 Å². The number of nitro groups is 2. The molecular weight excluding hydrogens is 2020 g/mol. The van der Waals surface area contributed by atoms with Crippen LogP contribution in [0.3, 0.4) is 0 Å². The zero-order valence-electron chi connectivity index (χ0n) is 73.1. The zero-order valence-corrected chi connectivity index (χ0v) is 76.3. The highest BCUT2D eigenvalue weighted by Crippen LogP contribution is 2.43. The maximum absolute atomic E-state index is 14.0. The number of hydrogen-bond donors (Lipinski definition) is 8. The molecule has 0 aliphatic rings. The van der Waals surface area contributed by atoms with Gasteiger partial charge in [0.25, 0.3) is 27.9 Å². The number of H-pyrrole nitrogens is 4. The number of nitrogens with zero attached hydrogens (tertiary/aromatic N) is 10. The number of hydrogen-bond acceptors (Lipinski definition) is 21. The number of aromatic nitrogens is 12. The number of nitrogens with one attached hydrogen (secondary N) is 4. The molecule has 0 saturated heterocycles. The van der Waals surface area contributed by atoms with E-state index < -0.39 is 189 Å². The molecule has 145 heavy (non-hydrogen) atoms. The molecule has 52 heteroatoms. The Balaban J connectivity index is 0.000000132. The third kappa shape index (κ3) is 18.2. The lowest BCUT2D eigenvalue weighted by molar-refractivity contribution is -0.402. The van der Waals surface area contributed by atoms with Crippen molar-refractivity contribution in [3.8, 4) is 22.7 Å². The second kappa shape index (κ2) is 37.1. The van der Waals surface area contributed by atoms with Crippen molar-refractivity contribution >= 4 is 168 Å². The summed E-state index contributed by atoms with van der Waals surface area (Å²) in [7, 11) is 0. The van der Waals surface area contributed by atoms with Gasteiger partial charge in [-0.3, -0.25) is 39.4 Å². The molecule has 0 aliphatic carbocycles. The SMILES string of the molecule is Cc1ccc(Cn2c(C(=O)O)c(-n3c(=O)[nH]c4cscc4c3=O)c3cc(C(F)(F)F)ccc32)c(C)c1.Cc1ccc(F)cc1Cn1c(C(=O)O)c(-n2c(=O)[nH]c3cscc3c2=O)c2cc(C(F)(F)F)ccc21.O=C(O)c1c(-n2c(=O)[nH]c3cscc3c2=O)c2cc(C(F)(F)F)ccc2n1Cc1ccc([N+](=O)[O-])o1.O=C(O)c1c(-n2c(=O)[nH]c3cscc3c2=O)c2cc(C(F)(F)F)ccc2n1Cc1cccc([N+](=O)[O-])c1. The summed E-state index contributed by atoms with van der Waals surface area (Å²) in [6.45, 7) is 4.42. The predicted octanol–water partition coefficient (Wildman–Crippen LogP) is 18.3. The first-order valence-electron chi connectivity index (χ1n) is 41.4. The van der Waals surface area contributed by atoms with Gasteiger partial charge in [0.05, 0.1) is 128 Å². The van der Waals surface area contributed by atoms with Crippen molar-refractivity contribution in [3.05, 3.63) is 382 Å². The van der Waals surface area contributed by atoms with Crippen molar-refractivity contribution in [1.29, 1.82) is 0 Å². The van der Waals surface area contributed by atoms with Gasteiger partial charge in [-0.05, 0) is 140 Å². The molecule has 0 fully saturated rings. The van der Waals surface area contributed by atoms with E-state index in [9.17, 15) is 155 Å². The summed E-state index contributed by atoms with van der Waals surface area (Å²) < 4.78 is 189. The molecule has 13 heterocycles. The Hall–Kier alpha value is -17.7. The third-order valence-corrected chi connectivity index (χ3v) is 26.4. The lowest BCUT2D eigenvalue weighted by Gasteiger charge is -2.12. The van der Waals surface area contributed by atoms with Crippen LogP contribution in [0.25, 0.3) is 110 Å². The van der Waals surface area contributed by atoms with Gasteiger partial charge in [-0.2, -0.15) is 52.7 Å². The average molecular weight is 2080 g/mol. The number of non-ortho nitro benzene ring substituents is 1. The summed E-state index contributed by atoms with van der Waals surface area (Å²) in [6, 6.07) is 27.1. The van der Waals surface area contributed by atoms with Crippen molar-refractivity contribution in [2.45, 2.75) is 71.7 Å². The van der Waals surface area contributed by atoms with Gasteiger partial charge >= 0.3 is 77.2 Å². The number of aryl methyl sites for hydroxylation is 3. The molecule has 0 spiro atoms. The van der Waals surface area contributed by atoms with E-state index in [0.717, 1.165) is 120 Å². The fourth-order valence-electron chi connectivity index (χ4n) is 16.9. The van der Waals surface area contributed by atoms with Gasteiger partial charge in [0.1, 0.15) is 16.5 Å². The molecule has 13 aromatic heterocycles. The van der Waals surface area contributed by atoms with Crippen LogP contribution in [0.5, 0.6) is 0 Å². The first-order valence-corrected chi connectivity index (χ1v) is 45.2. The van der Waals surface area contributed by atoms with Gasteiger partial charge in [0.15, 0.2) is 22.8 Å². The van der Waals surface area contributed by atoms with Crippen LogP contribution in [0.4, 0.5) is 68.6 Å². The van der Waals surface area contributed by atoms with Crippen molar-refractivity contribution in [3.63, 3.8) is 0 Å². The maximum Gasteiger partial charge on any atom is 0.433 e. The third-order valence-electron chi connectivity index (χ3n) is 23.4. The first-order chi connectivity index (χ1) is 68.4. The molecule has 0 saturated carbocycles. The lowest BCUT2D eigenvalue weighted by Crippen LogP contribution is -2.34. The number of carboxylic acids is 4. The van der Waals surface area contributed by atoms with Crippen molar-refractivity contribution in [2.24, 2.45) is 0 Å². The monoisotopic (exact) mass is 2080 g/mol. The van der Waals surface area contributed by atoms with Crippen LogP contribution in [-0.4, -0.2) is 111 Å². The van der Waals surface area contributed by atoms with Gasteiger partial charge in [0.2, 0.25) is 0 Å². The fraction of sp³-hybridized carbons (Fsp3) is 0.118. The second-order valence-corrected chi connectivity index (χ2v) is 35.3. The minimum absolute atomic E-state index is 0.00294. The number of furan rings is 1. The van der Waals surface area contributed by atoms with E-state index in [1.165, 1.54) is 101 Å². The highest BCUT2D eigenvalue weighted by Gasteiger charge is 2.40. The lowest BCUT2D eigenvalue weighted by atomic mass is 10.1. The normalized spacial score (nSPS) is 12.0. The van der Waals surface area contributed by atoms with Gasteiger partial charge in [0, 0.05) is 96.4 Å². The summed E-state index contributed by atoms with van der Waals surface area (Å²) in [5, 5.41) is 73.7. The number of alkyl halides is 12. The quantitative estimate of drug-likeness (QED) is 0.0225.